The van der Waals surface area contributed by atoms with Gasteiger partial charge in [-0.1, -0.05) is 23.4 Å². The van der Waals surface area contributed by atoms with Crippen molar-refractivity contribution in [2.45, 2.75) is 39.3 Å². The Balaban J connectivity index is 1.38. The summed E-state index contributed by atoms with van der Waals surface area (Å²) in [4.78, 5) is 21.2. The molecule has 0 aliphatic carbocycles. The van der Waals surface area contributed by atoms with Crippen molar-refractivity contribution in [3.8, 4) is 0 Å². The predicted molar refractivity (Wildman–Crippen MR) is 113 cm³/mol. The van der Waals surface area contributed by atoms with Crippen LogP contribution >= 0.6 is 0 Å². The van der Waals surface area contributed by atoms with Crippen LogP contribution in [0, 0.1) is 0 Å². The van der Waals surface area contributed by atoms with E-state index in [2.05, 4.69) is 44.5 Å². The van der Waals surface area contributed by atoms with E-state index in [1.54, 1.807) is 4.90 Å². The van der Waals surface area contributed by atoms with Gasteiger partial charge in [0.2, 0.25) is 0 Å². The molecular formula is C22H28N6O. The second kappa shape index (κ2) is 8.69. The topological polar surface area (TPSA) is 67.2 Å². The number of hydrogen-bond donors (Lipinski definition) is 0. The first-order chi connectivity index (χ1) is 14.2. The van der Waals surface area contributed by atoms with Crippen LogP contribution in [0.3, 0.4) is 0 Å². The Bertz CT molecular complexity index is 967. The molecule has 3 aromatic rings. The number of nitrogens with zero attached hydrogens (tertiary/aromatic N) is 6. The molecule has 0 bridgehead atoms. The van der Waals surface area contributed by atoms with Crippen LogP contribution in [0.5, 0.6) is 0 Å². The monoisotopic (exact) mass is 392 g/mol. The first-order valence-corrected chi connectivity index (χ1v) is 10.5. The molecule has 1 amide bonds. The third-order valence-corrected chi connectivity index (χ3v) is 5.84. The third-order valence-electron chi connectivity index (χ3n) is 5.84. The number of benzene rings is 1. The van der Waals surface area contributed by atoms with Crippen LogP contribution < -0.4 is 0 Å². The summed E-state index contributed by atoms with van der Waals surface area (Å²) in [5, 5.41) is 9.61. The van der Waals surface area contributed by atoms with Gasteiger partial charge < -0.3 is 4.90 Å². The summed E-state index contributed by atoms with van der Waals surface area (Å²) in [5.41, 5.74) is 2.81. The molecule has 1 fully saturated rings. The van der Waals surface area contributed by atoms with Crippen molar-refractivity contribution in [3.05, 3.63) is 54.0 Å². The average molecular weight is 393 g/mol. The number of rotatable bonds is 6. The van der Waals surface area contributed by atoms with Crippen molar-refractivity contribution in [1.29, 1.82) is 0 Å². The first kappa shape index (κ1) is 19.5. The van der Waals surface area contributed by atoms with Gasteiger partial charge in [-0.15, -0.1) is 5.10 Å². The second-order valence-electron chi connectivity index (χ2n) is 7.56. The molecule has 0 radical (unpaired) electrons. The highest BCUT2D eigenvalue weighted by atomic mass is 16.2. The summed E-state index contributed by atoms with van der Waals surface area (Å²) in [6, 6.07) is 10.8. The molecule has 7 heteroatoms. The molecular weight excluding hydrogens is 364 g/mol. The largest absolute Gasteiger partial charge is 0.338 e. The van der Waals surface area contributed by atoms with Crippen LogP contribution in [0.15, 0.2) is 42.7 Å². The number of pyridine rings is 1. The molecule has 29 heavy (non-hydrogen) atoms. The number of carbonyl (C=O) groups is 1. The van der Waals surface area contributed by atoms with E-state index < -0.39 is 0 Å². The Morgan fingerprint density at radius 1 is 1.14 bits per heavy atom. The molecule has 0 atom stereocenters. The zero-order valence-corrected chi connectivity index (χ0v) is 17.2. The fourth-order valence-corrected chi connectivity index (χ4v) is 4.11. The molecule has 4 rings (SSSR count). The summed E-state index contributed by atoms with van der Waals surface area (Å²) in [6.07, 6.45) is 5.67. The van der Waals surface area contributed by atoms with Gasteiger partial charge in [0.1, 0.15) is 0 Å². The number of likely N-dealkylation sites (tertiary alicyclic amines) is 1. The minimum atomic E-state index is -0.0387. The molecule has 7 nitrogen and oxygen atoms in total. The van der Waals surface area contributed by atoms with E-state index in [-0.39, 0.29) is 5.91 Å². The van der Waals surface area contributed by atoms with Gasteiger partial charge in [-0.05, 0) is 44.4 Å². The predicted octanol–water partition coefficient (Wildman–Crippen LogP) is 3.15. The molecule has 1 aromatic carbocycles. The standard InChI is InChI=1S/C22H28N6O/c1-3-27(4-2)22(29)21-16-28(25-24-21)18-10-13-26(14-11-18)15-17-7-5-9-20-19(17)8-6-12-23-20/h5-9,12,16,18H,3-4,10-11,13-15H2,1-2H3. The van der Waals surface area contributed by atoms with Gasteiger partial charge in [0.25, 0.3) is 5.91 Å². The van der Waals surface area contributed by atoms with Crippen LogP contribution in [-0.2, 0) is 6.54 Å². The normalized spacial score (nSPS) is 15.7. The number of aromatic nitrogens is 4. The zero-order chi connectivity index (χ0) is 20.2. The van der Waals surface area contributed by atoms with Crippen LogP contribution in [0.2, 0.25) is 0 Å². The SMILES string of the molecule is CCN(CC)C(=O)c1cn(C2CCN(Cc3cccc4ncccc34)CC2)nn1. The maximum absolute atomic E-state index is 12.5. The van der Waals surface area contributed by atoms with Crippen molar-refractivity contribution in [3.63, 3.8) is 0 Å². The van der Waals surface area contributed by atoms with Crippen molar-refractivity contribution >= 4 is 16.8 Å². The quantitative estimate of drug-likeness (QED) is 0.645. The highest BCUT2D eigenvalue weighted by molar-refractivity contribution is 5.91. The number of piperidine rings is 1. The molecule has 3 heterocycles. The Morgan fingerprint density at radius 2 is 1.93 bits per heavy atom. The van der Waals surface area contributed by atoms with Gasteiger partial charge >= 0.3 is 0 Å². The lowest BCUT2D eigenvalue weighted by atomic mass is 10.0. The minimum Gasteiger partial charge on any atom is -0.338 e. The van der Waals surface area contributed by atoms with Gasteiger partial charge in [0, 0.05) is 44.3 Å². The average Bonchev–Trinajstić information content (AvgIpc) is 3.26. The molecule has 1 aliphatic heterocycles. The van der Waals surface area contributed by atoms with E-state index in [9.17, 15) is 4.79 Å². The van der Waals surface area contributed by atoms with E-state index in [0.29, 0.717) is 24.8 Å². The molecule has 0 N–H and O–H groups in total. The second-order valence-corrected chi connectivity index (χ2v) is 7.56. The van der Waals surface area contributed by atoms with Gasteiger partial charge in [-0.2, -0.15) is 0 Å². The highest BCUT2D eigenvalue weighted by Crippen LogP contribution is 2.25. The summed E-state index contributed by atoms with van der Waals surface area (Å²) in [7, 11) is 0. The van der Waals surface area contributed by atoms with E-state index >= 15 is 0 Å². The smallest absolute Gasteiger partial charge is 0.276 e. The molecule has 0 spiro atoms. The molecule has 152 valence electrons. The summed E-state index contributed by atoms with van der Waals surface area (Å²) in [5.74, 6) is -0.0387. The van der Waals surface area contributed by atoms with E-state index in [4.69, 9.17) is 0 Å². The van der Waals surface area contributed by atoms with Gasteiger partial charge in [0.15, 0.2) is 5.69 Å². The maximum Gasteiger partial charge on any atom is 0.276 e. The fourth-order valence-electron chi connectivity index (χ4n) is 4.11. The Kier molecular flexibility index (Phi) is 5.85. The van der Waals surface area contributed by atoms with Gasteiger partial charge in [-0.3, -0.25) is 14.7 Å². The van der Waals surface area contributed by atoms with Crippen molar-refractivity contribution in [2.75, 3.05) is 26.2 Å². The Labute approximate surface area is 171 Å². The van der Waals surface area contributed by atoms with E-state index in [0.717, 1.165) is 38.0 Å². The van der Waals surface area contributed by atoms with Crippen LogP contribution in [0.1, 0.15) is 48.8 Å². The molecule has 1 aliphatic rings. The summed E-state index contributed by atoms with van der Waals surface area (Å²) in [6.45, 7) is 8.26. The Morgan fingerprint density at radius 3 is 2.69 bits per heavy atom. The lowest BCUT2D eigenvalue weighted by Crippen LogP contribution is -2.34. The molecule has 2 aromatic heterocycles. The number of hydrogen-bond acceptors (Lipinski definition) is 5. The summed E-state index contributed by atoms with van der Waals surface area (Å²) < 4.78 is 1.88. The van der Waals surface area contributed by atoms with Crippen molar-refractivity contribution < 1.29 is 4.79 Å². The minimum absolute atomic E-state index is 0.0387. The molecule has 0 unspecified atom stereocenters. The van der Waals surface area contributed by atoms with Crippen LogP contribution in [-0.4, -0.2) is 61.9 Å². The van der Waals surface area contributed by atoms with Gasteiger partial charge in [0.05, 0.1) is 17.8 Å². The van der Waals surface area contributed by atoms with E-state index in [1.165, 1.54) is 10.9 Å². The summed E-state index contributed by atoms with van der Waals surface area (Å²) >= 11 is 0. The first-order valence-electron chi connectivity index (χ1n) is 10.5. The van der Waals surface area contributed by atoms with Crippen molar-refractivity contribution in [2.24, 2.45) is 0 Å². The molecule has 0 saturated carbocycles. The number of fused-ring (bicyclic) bond motifs is 1. The lowest BCUT2D eigenvalue weighted by Gasteiger charge is -2.32. The Hall–Kier alpha value is -2.80. The number of amides is 1. The third kappa shape index (κ3) is 4.15. The van der Waals surface area contributed by atoms with Crippen LogP contribution in [0.4, 0.5) is 0 Å². The van der Waals surface area contributed by atoms with E-state index in [1.807, 2.05) is 37.0 Å². The van der Waals surface area contributed by atoms with Gasteiger partial charge in [-0.25, -0.2) is 4.68 Å². The molecule has 1 saturated heterocycles. The van der Waals surface area contributed by atoms with Crippen molar-refractivity contribution in [1.82, 2.24) is 29.8 Å². The van der Waals surface area contributed by atoms with Crippen LogP contribution in [0.25, 0.3) is 10.9 Å². The lowest BCUT2D eigenvalue weighted by molar-refractivity contribution is 0.0767. The number of carbonyl (C=O) groups excluding carboxylic acids is 1. The zero-order valence-electron chi connectivity index (χ0n) is 17.2. The fraction of sp³-hybridized carbons (Fsp3) is 0.455. The highest BCUT2D eigenvalue weighted by Gasteiger charge is 2.24. The maximum atomic E-state index is 12.5.